The zero-order valence-corrected chi connectivity index (χ0v) is 28.2. The average molecular weight is 615 g/mol. The first-order valence-electron chi connectivity index (χ1n) is 16.9. The summed E-state index contributed by atoms with van der Waals surface area (Å²) in [4.78, 5) is 40.2. The van der Waals surface area contributed by atoms with Crippen molar-refractivity contribution < 1.29 is 23.7 Å². The van der Waals surface area contributed by atoms with Crippen molar-refractivity contribution in [2.75, 3.05) is 6.54 Å². The molecule has 1 aliphatic heterocycles. The van der Waals surface area contributed by atoms with Gasteiger partial charge in [0.05, 0.1) is 28.4 Å². The lowest BCUT2D eigenvalue weighted by Crippen LogP contribution is -2.65. The van der Waals surface area contributed by atoms with E-state index >= 15 is 0 Å². The Labute approximate surface area is 264 Å². The molecule has 9 heteroatoms. The molecular formula is C34H55BN2O5S. The van der Waals surface area contributed by atoms with Crippen LogP contribution in [0.25, 0.3) is 0 Å². The van der Waals surface area contributed by atoms with Crippen LogP contribution in [-0.4, -0.2) is 48.9 Å². The number of Topliss-reactive ketones (excluding diaryl/α,β-unsaturated/α-hetero) is 1. The van der Waals surface area contributed by atoms with Gasteiger partial charge in [0.2, 0.25) is 5.91 Å². The minimum Gasteiger partial charge on any atom is -0.404 e. The third-order valence-electron chi connectivity index (χ3n) is 10.5. The van der Waals surface area contributed by atoms with Gasteiger partial charge in [-0.25, -0.2) is 0 Å². The van der Waals surface area contributed by atoms with Gasteiger partial charge in [0.1, 0.15) is 5.78 Å². The van der Waals surface area contributed by atoms with Crippen LogP contribution in [0.4, 0.5) is 0 Å². The van der Waals surface area contributed by atoms with E-state index in [1.54, 1.807) is 6.07 Å². The minimum absolute atomic E-state index is 0.0327. The molecular weight excluding hydrogens is 559 g/mol. The summed E-state index contributed by atoms with van der Waals surface area (Å²) in [7, 11) is -0.527. The largest absolute Gasteiger partial charge is 0.481 e. The molecule has 1 saturated heterocycles. The molecule has 5 rings (SSSR count). The van der Waals surface area contributed by atoms with E-state index in [0.29, 0.717) is 35.5 Å². The molecule has 1 aromatic heterocycles. The summed E-state index contributed by atoms with van der Waals surface area (Å²) in [6.07, 6.45) is 11.5. The molecule has 4 fully saturated rings. The lowest BCUT2D eigenvalue weighted by molar-refractivity contribution is -0.199. The van der Waals surface area contributed by atoms with Crippen LogP contribution in [0.15, 0.2) is 17.5 Å². The molecule has 3 aliphatic carbocycles. The van der Waals surface area contributed by atoms with Crippen LogP contribution in [-0.2, 0) is 18.9 Å². The van der Waals surface area contributed by atoms with Gasteiger partial charge in [-0.1, -0.05) is 79.2 Å². The van der Waals surface area contributed by atoms with Gasteiger partial charge in [0.15, 0.2) is 0 Å². The summed E-state index contributed by atoms with van der Waals surface area (Å²) in [5.74, 6) is 0.0605. The van der Waals surface area contributed by atoms with E-state index in [0.717, 1.165) is 25.7 Å². The van der Waals surface area contributed by atoms with Crippen molar-refractivity contribution in [1.29, 1.82) is 0 Å². The maximum atomic E-state index is 13.8. The molecule has 0 aromatic carbocycles. The highest BCUT2D eigenvalue weighted by Crippen LogP contribution is 2.65. The number of nitrogens with one attached hydrogen (secondary N) is 2. The number of ketones is 1. The molecule has 7 nitrogen and oxygen atoms in total. The van der Waals surface area contributed by atoms with Crippen LogP contribution in [0.2, 0.25) is 0 Å². The van der Waals surface area contributed by atoms with Gasteiger partial charge in [0.25, 0.3) is 5.91 Å². The fourth-order valence-corrected chi connectivity index (χ4v) is 8.38. The van der Waals surface area contributed by atoms with E-state index < -0.39 is 13.0 Å². The van der Waals surface area contributed by atoms with Crippen LogP contribution < -0.4 is 10.6 Å². The molecule has 0 radical (unpaired) electrons. The van der Waals surface area contributed by atoms with Gasteiger partial charge < -0.3 is 19.9 Å². The number of thiophene rings is 1. The second kappa shape index (κ2) is 15.1. The van der Waals surface area contributed by atoms with Crippen molar-refractivity contribution >= 4 is 36.1 Å². The highest BCUT2D eigenvalue weighted by molar-refractivity contribution is 7.12. The number of carbonyl (C=O) groups is 3. The van der Waals surface area contributed by atoms with Crippen LogP contribution in [0, 0.1) is 29.1 Å². The number of hydrogen-bond acceptors (Lipinski definition) is 6. The van der Waals surface area contributed by atoms with Gasteiger partial charge in [-0.05, 0) is 67.2 Å². The predicted molar refractivity (Wildman–Crippen MR) is 174 cm³/mol. The molecule has 3 saturated carbocycles. The smallest absolute Gasteiger partial charge is 0.404 e. The number of rotatable bonds is 18. The fourth-order valence-electron chi connectivity index (χ4n) is 7.74. The van der Waals surface area contributed by atoms with E-state index in [-0.39, 0.29) is 53.6 Å². The maximum absolute atomic E-state index is 13.8. The second-order valence-electron chi connectivity index (χ2n) is 14.6. The van der Waals surface area contributed by atoms with Crippen LogP contribution in [0.5, 0.6) is 0 Å². The van der Waals surface area contributed by atoms with Crippen molar-refractivity contribution in [2.24, 2.45) is 29.1 Å². The normalized spacial score (nSPS) is 26.9. The molecule has 1 aromatic rings. The summed E-state index contributed by atoms with van der Waals surface area (Å²) < 4.78 is 13.3. The molecule has 2 heterocycles. The summed E-state index contributed by atoms with van der Waals surface area (Å²) in [5, 5.41) is 8.00. The van der Waals surface area contributed by atoms with Crippen LogP contribution in [0.1, 0.15) is 128 Å². The monoisotopic (exact) mass is 614 g/mol. The Morgan fingerprint density at radius 3 is 2.44 bits per heavy atom. The van der Waals surface area contributed by atoms with E-state index in [2.05, 4.69) is 52.2 Å². The van der Waals surface area contributed by atoms with E-state index in [1.165, 1.54) is 43.4 Å². The zero-order chi connectivity index (χ0) is 31.2. The molecule has 0 spiro atoms. The number of hydrogen-bond donors (Lipinski definition) is 2. The lowest BCUT2D eigenvalue weighted by Gasteiger charge is -2.64. The average Bonchev–Trinajstić information content (AvgIpc) is 3.61. The van der Waals surface area contributed by atoms with Crippen molar-refractivity contribution in [2.45, 2.75) is 136 Å². The Balaban J connectivity index is 1.38. The van der Waals surface area contributed by atoms with Gasteiger partial charge in [-0.2, -0.15) is 0 Å². The Morgan fingerprint density at radius 1 is 1.07 bits per heavy atom. The van der Waals surface area contributed by atoms with Gasteiger partial charge in [-0.3, -0.25) is 14.4 Å². The van der Waals surface area contributed by atoms with Gasteiger partial charge in [0, 0.05) is 19.4 Å². The van der Waals surface area contributed by atoms with Crippen LogP contribution >= 0.6 is 11.3 Å². The topological polar surface area (TPSA) is 93.7 Å². The third-order valence-corrected chi connectivity index (χ3v) is 11.4. The third kappa shape index (κ3) is 8.32. The molecule has 2 amide bonds. The first kappa shape index (κ1) is 34.2. The number of carbonyl (C=O) groups excluding carboxylic acids is 3. The first-order chi connectivity index (χ1) is 20.5. The molecule has 43 heavy (non-hydrogen) atoms. The van der Waals surface area contributed by atoms with Crippen molar-refractivity contribution in [3.05, 3.63) is 22.4 Å². The Kier molecular flexibility index (Phi) is 12.0. The van der Waals surface area contributed by atoms with Crippen molar-refractivity contribution in [3.63, 3.8) is 0 Å². The van der Waals surface area contributed by atoms with E-state index in [1.807, 2.05) is 11.4 Å². The fraction of sp³-hybridized carbons (Fsp3) is 0.794. The Morgan fingerprint density at radius 2 is 1.79 bits per heavy atom. The Bertz CT molecular complexity index is 1080. The number of amides is 2. The molecule has 240 valence electrons. The molecule has 0 unspecified atom stereocenters. The summed E-state index contributed by atoms with van der Waals surface area (Å²) in [6, 6.07) is 3.59. The lowest BCUT2D eigenvalue weighted by atomic mass is 9.43. The second-order valence-corrected chi connectivity index (χ2v) is 15.5. The highest BCUT2D eigenvalue weighted by Gasteiger charge is 2.68. The van der Waals surface area contributed by atoms with E-state index in [9.17, 15) is 14.4 Å². The summed E-state index contributed by atoms with van der Waals surface area (Å²) in [5.41, 5.74) is -0.120. The van der Waals surface area contributed by atoms with E-state index in [4.69, 9.17) is 9.31 Å². The Hall–Kier alpha value is -1.71. The first-order valence-corrected chi connectivity index (χ1v) is 17.8. The van der Waals surface area contributed by atoms with Crippen LogP contribution in [0.3, 0.4) is 0 Å². The molecule has 2 bridgehead atoms. The van der Waals surface area contributed by atoms with Gasteiger partial charge >= 0.3 is 7.12 Å². The molecule has 2 N–H and O–H groups in total. The predicted octanol–water partition coefficient (Wildman–Crippen LogP) is 6.99. The SMILES string of the molecule is CCCCCCCCCC(=O)C[C@@H](CNC(=O)c1cccs1)C(=O)N[C@@H](CC(C)C)B1O[C@@H]2C[C@@H]3C[C@@H](C3(C)C)[C@]2(C)O1. The minimum atomic E-state index is -0.651. The highest BCUT2D eigenvalue weighted by atomic mass is 32.1. The molecule has 4 aliphatic rings. The number of unbranched alkanes of at least 4 members (excludes halogenated alkanes) is 6. The van der Waals surface area contributed by atoms with Crippen molar-refractivity contribution in [1.82, 2.24) is 10.6 Å². The maximum Gasteiger partial charge on any atom is 0.481 e. The summed E-state index contributed by atoms with van der Waals surface area (Å²) in [6.45, 7) is 13.5. The van der Waals surface area contributed by atoms with Crippen molar-refractivity contribution in [3.8, 4) is 0 Å². The summed E-state index contributed by atoms with van der Waals surface area (Å²) >= 11 is 1.36. The molecule has 6 atom stereocenters. The quantitative estimate of drug-likeness (QED) is 0.137. The zero-order valence-electron chi connectivity index (χ0n) is 27.4. The standard InChI is InChI=1S/C34H55BN2O5S/c1-7-8-9-10-11-12-13-15-26(38)19-24(22-36-32(40)27-16-14-17-43-27)31(39)37-30(18-23(2)3)35-41-29-21-25-20-28(33(25,4)5)34(29,6)42-35/h14,16-17,23-25,28-30H,7-13,15,18-22H2,1-6H3,(H,36,40)(H,37,39)/t24-,25-,28-,29+,30-,34-/m0/s1. The van der Waals surface area contributed by atoms with Gasteiger partial charge in [-0.15, -0.1) is 11.3 Å².